The molecule has 0 spiro atoms. The van der Waals surface area contributed by atoms with E-state index in [4.69, 9.17) is 4.42 Å². The lowest BCUT2D eigenvalue weighted by Gasteiger charge is -2.17. The predicted octanol–water partition coefficient (Wildman–Crippen LogP) is 2.63. The number of fused-ring (bicyclic) bond motifs is 1. The van der Waals surface area contributed by atoms with Gasteiger partial charge in [0.05, 0.1) is 5.92 Å². The molecule has 1 aliphatic heterocycles. The van der Waals surface area contributed by atoms with E-state index < -0.39 is 5.63 Å². The first-order valence-electron chi connectivity index (χ1n) is 8.55. The van der Waals surface area contributed by atoms with Crippen LogP contribution in [0, 0.1) is 11.8 Å². The number of carbonyl (C=O) groups is 2. The molecule has 6 nitrogen and oxygen atoms in total. The Morgan fingerprint density at radius 1 is 1.28 bits per heavy atom. The van der Waals surface area contributed by atoms with Crippen LogP contribution in [0.3, 0.4) is 0 Å². The zero-order chi connectivity index (χ0) is 18.0. The summed E-state index contributed by atoms with van der Waals surface area (Å²) in [6.07, 6.45) is 1.20. The van der Waals surface area contributed by atoms with Crippen LogP contribution >= 0.6 is 0 Å². The van der Waals surface area contributed by atoms with Gasteiger partial charge in [0.1, 0.15) is 5.58 Å². The molecule has 2 amide bonds. The second kappa shape index (κ2) is 7.09. The first-order valence-corrected chi connectivity index (χ1v) is 8.55. The number of anilines is 1. The minimum Gasteiger partial charge on any atom is -0.423 e. The molecular formula is C19H22N2O4. The first-order chi connectivity index (χ1) is 11.9. The topological polar surface area (TPSA) is 79.6 Å². The van der Waals surface area contributed by atoms with Crippen molar-refractivity contribution in [1.82, 2.24) is 4.90 Å². The van der Waals surface area contributed by atoms with Gasteiger partial charge in [-0.3, -0.25) is 9.59 Å². The second-order valence-corrected chi connectivity index (χ2v) is 6.92. The number of rotatable bonds is 5. The van der Waals surface area contributed by atoms with Gasteiger partial charge in [-0.1, -0.05) is 13.8 Å². The number of nitrogens with one attached hydrogen (secondary N) is 1. The molecule has 1 N–H and O–H groups in total. The van der Waals surface area contributed by atoms with Crippen LogP contribution in [0.25, 0.3) is 11.0 Å². The Morgan fingerprint density at radius 2 is 2.08 bits per heavy atom. The number of benzene rings is 1. The van der Waals surface area contributed by atoms with Gasteiger partial charge in [-0.15, -0.1) is 0 Å². The molecule has 1 fully saturated rings. The van der Waals surface area contributed by atoms with E-state index in [2.05, 4.69) is 19.2 Å². The Labute approximate surface area is 145 Å². The SMILES string of the molecule is CC(C)CCN1C[C@H](C(=O)Nc2ccc3oc(=O)ccc3c2)CC1=O. The quantitative estimate of drug-likeness (QED) is 0.847. The van der Waals surface area contributed by atoms with Crippen LogP contribution in [0.4, 0.5) is 5.69 Å². The third-order valence-electron chi connectivity index (χ3n) is 4.45. The molecule has 1 aliphatic rings. The molecule has 0 bridgehead atoms. The zero-order valence-electron chi connectivity index (χ0n) is 14.5. The largest absolute Gasteiger partial charge is 0.423 e. The summed E-state index contributed by atoms with van der Waals surface area (Å²) in [5, 5.41) is 3.59. The molecule has 6 heteroatoms. The summed E-state index contributed by atoms with van der Waals surface area (Å²) < 4.78 is 5.08. The second-order valence-electron chi connectivity index (χ2n) is 6.92. The molecule has 0 saturated carbocycles. The summed E-state index contributed by atoms with van der Waals surface area (Å²) in [6, 6.07) is 8.10. The van der Waals surface area contributed by atoms with Crippen LogP contribution in [-0.4, -0.2) is 29.8 Å². The van der Waals surface area contributed by atoms with Crippen molar-refractivity contribution in [3.63, 3.8) is 0 Å². The van der Waals surface area contributed by atoms with E-state index >= 15 is 0 Å². The van der Waals surface area contributed by atoms with Gasteiger partial charge in [0.25, 0.3) is 0 Å². The highest BCUT2D eigenvalue weighted by Gasteiger charge is 2.34. The van der Waals surface area contributed by atoms with E-state index in [1.165, 1.54) is 6.07 Å². The van der Waals surface area contributed by atoms with Crippen LogP contribution < -0.4 is 10.9 Å². The molecule has 1 atom stereocenters. The third kappa shape index (κ3) is 4.07. The number of likely N-dealkylation sites (tertiary alicyclic amines) is 1. The lowest BCUT2D eigenvalue weighted by atomic mass is 10.1. The Morgan fingerprint density at radius 3 is 2.84 bits per heavy atom. The average molecular weight is 342 g/mol. The summed E-state index contributed by atoms with van der Waals surface area (Å²) in [5.41, 5.74) is 0.691. The van der Waals surface area contributed by atoms with Gasteiger partial charge >= 0.3 is 5.63 Å². The van der Waals surface area contributed by atoms with Crippen molar-refractivity contribution >= 4 is 28.5 Å². The highest BCUT2D eigenvalue weighted by atomic mass is 16.4. The highest BCUT2D eigenvalue weighted by Crippen LogP contribution is 2.22. The van der Waals surface area contributed by atoms with Gasteiger partial charge in [0.15, 0.2) is 0 Å². The summed E-state index contributed by atoms with van der Waals surface area (Å²) in [6.45, 7) is 5.41. The van der Waals surface area contributed by atoms with Crippen molar-refractivity contribution in [2.24, 2.45) is 11.8 Å². The molecule has 2 aromatic rings. The molecule has 1 aromatic heterocycles. The maximum absolute atomic E-state index is 12.5. The summed E-state index contributed by atoms with van der Waals surface area (Å²) in [7, 11) is 0. The molecule has 3 rings (SSSR count). The van der Waals surface area contributed by atoms with Crippen molar-refractivity contribution in [3.8, 4) is 0 Å². The molecule has 132 valence electrons. The summed E-state index contributed by atoms with van der Waals surface area (Å²) >= 11 is 0. The van der Waals surface area contributed by atoms with Gasteiger partial charge in [0.2, 0.25) is 11.8 Å². The van der Waals surface area contributed by atoms with E-state index in [0.717, 1.165) is 11.8 Å². The molecule has 25 heavy (non-hydrogen) atoms. The normalized spacial score (nSPS) is 17.5. The molecule has 0 radical (unpaired) electrons. The van der Waals surface area contributed by atoms with Gasteiger partial charge in [-0.05, 0) is 36.6 Å². The Hall–Kier alpha value is -2.63. The molecule has 0 unspecified atom stereocenters. The lowest BCUT2D eigenvalue weighted by Crippen LogP contribution is -2.29. The van der Waals surface area contributed by atoms with E-state index in [-0.39, 0.29) is 24.2 Å². The van der Waals surface area contributed by atoms with Crippen LogP contribution in [0.5, 0.6) is 0 Å². The highest BCUT2D eigenvalue weighted by molar-refractivity contribution is 5.98. The van der Waals surface area contributed by atoms with Crippen molar-refractivity contribution in [2.75, 3.05) is 18.4 Å². The lowest BCUT2D eigenvalue weighted by molar-refractivity contribution is -0.128. The van der Waals surface area contributed by atoms with Crippen LogP contribution in [0.15, 0.2) is 39.5 Å². The van der Waals surface area contributed by atoms with E-state index in [0.29, 0.717) is 30.3 Å². The predicted molar refractivity (Wildman–Crippen MR) is 95.3 cm³/mol. The van der Waals surface area contributed by atoms with Crippen molar-refractivity contribution in [2.45, 2.75) is 26.7 Å². The molecule has 1 saturated heterocycles. The van der Waals surface area contributed by atoms with Crippen LogP contribution in [0.1, 0.15) is 26.7 Å². The monoisotopic (exact) mass is 342 g/mol. The standard InChI is InChI=1S/C19H22N2O4/c1-12(2)7-8-21-11-14(10-17(21)22)19(24)20-15-4-5-16-13(9-15)3-6-18(23)25-16/h3-6,9,12,14H,7-8,10-11H2,1-2H3,(H,20,24)/t14-/m1/s1. The fourth-order valence-electron chi connectivity index (χ4n) is 2.97. The van der Waals surface area contributed by atoms with Gasteiger partial charge < -0.3 is 14.6 Å². The zero-order valence-corrected chi connectivity index (χ0v) is 14.5. The third-order valence-corrected chi connectivity index (χ3v) is 4.45. The van der Waals surface area contributed by atoms with Crippen LogP contribution in [0.2, 0.25) is 0 Å². The Kier molecular flexibility index (Phi) is 4.88. The maximum atomic E-state index is 12.5. The van der Waals surface area contributed by atoms with Crippen molar-refractivity contribution in [1.29, 1.82) is 0 Å². The Bertz CT molecular complexity index is 856. The average Bonchev–Trinajstić information content (AvgIpc) is 2.94. The smallest absolute Gasteiger partial charge is 0.336 e. The minimum atomic E-state index is -0.407. The van der Waals surface area contributed by atoms with Gasteiger partial charge in [0, 0.05) is 36.7 Å². The van der Waals surface area contributed by atoms with Crippen LogP contribution in [-0.2, 0) is 9.59 Å². The maximum Gasteiger partial charge on any atom is 0.336 e. The van der Waals surface area contributed by atoms with E-state index in [1.54, 1.807) is 29.2 Å². The Balaban J connectivity index is 1.65. The fraction of sp³-hybridized carbons (Fsp3) is 0.421. The summed E-state index contributed by atoms with van der Waals surface area (Å²) in [4.78, 5) is 37.5. The number of carbonyl (C=O) groups excluding carboxylic acids is 2. The van der Waals surface area contributed by atoms with Gasteiger partial charge in [-0.25, -0.2) is 4.79 Å². The number of nitrogens with zero attached hydrogens (tertiary/aromatic N) is 1. The fourth-order valence-corrected chi connectivity index (χ4v) is 2.97. The molecule has 0 aliphatic carbocycles. The summed E-state index contributed by atoms with van der Waals surface area (Å²) in [5.74, 6) is 0.0839. The van der Waals surface area contributed by atoms with E-state index in [9.17, 15) is 14.4 Å². The van der Waals surface area contributed by atoms with Gasteiger partial charge in [-0.2, -0.15) is 0 Å². The number of amides is 2. The van der Waals surface area contributed by atoms with E-state index in [1.807, 2.05) is 0 Å². The first kappa shape index (κ1) is 17.2. The minimum absolute atomic E-state index is 0.0427. The molecule has 1 aromatic carbocycles. The van der Waals surface area contributed by atoms with Crippen molar-refractivity contribution < 1.29 is 14.0 Å². The van der Waals surface area contributed by atoms with Crippen molar-refractivity contribution in [3.05, 3.63) is 40.8 Å². The molecule has 2 heterocycles. The molecular weight excluding hydrogens is 320 g/mol. The number of hydrogen-bond donors (Lipinski definition) is 1. The number of hydrogen-bond acceptors (Lipinski definition) is 4.